The van der Waals surface area contributed by atoms with E-state index in [2.05, 4.69) is 15.5 Å². The smallest absolute Gasteiger partial charge is 0.279 e. The monoisotopic (exact) mass is 383 g/mol. The molecule has 136 valence electrons. The van der Waals surface area contributed by atoms with Gasteiger partial charge in [-0.25, -0.2) is 9.37 Å². The lowest BCUT2D eigenvalue weighted by atomic mass is 10.1. The number of hydrogen-bond acceptors (Lipinski definition) is 6. The number of benzene rings is 2. The molecule has 2 heterocycles. The summed E-state index contributed by atoms with van der Waals surface area (Å²) in [7, 11) is 1.59. The third kappa shape index (κ3) is 3.39. The van der Waals surface area contributed by atoms with Gasteiger partial charge in [0.15, 0.2) is 16.6 Å². The molecule has 0 saturated heterocycles. The molecule has 1 N–H and O–H groups in total. The van der Waals surface area contributed by atoms with Gasteiger partial charge in [-0.05, 0) is 36.8 Å². The Morgan fingerprint density at radius 3 is 2.85 bits per heavy atom. The van der Waals surface area contributed by atoms with Crippen LogP contribution in [0.4, 0.5) is 9.52 Å². The quantitative estimate of drug-likeness (QED) is 0.555. The number of carbonyl (C=O) groups excluding carboxylic acids is 1. The summed E-state index contributed by atoms with van der Waals surface area (Å²) in [5, 5.41) is 6.91. The summed E-state index contributed by atoms with van der Waals surface area (Å²) in [5.74, 6) is 0.229. The zero-order valence-electron chi connectivity index (χ0n) is 14.4. The number of thiazole rings is 1. The minimum Gasteiger partial charge on any atom is -0.497 e. The first-order valence-corrected chi connectivity index (χ1v) is 8.84. The summed E-state index contributed by atoms with van der Waals surface area (Å²) in [6.07, 6.45) is 0. The van der Waals surface area contributed by atoms with Crippen LogP contribution in [0.5, 0.6) is 5.75 Å². The van der Waals surface area contributed by atoms with E-state index in [1.165, 1.54) is 23.5 Å². The maximum absolute atomic E-state index is 13.7. The molecular weight excluding hydrogens is 369 g/mol. The van der Waals surface area contributed by atoms with E-state index in [-0.39, 0.29) is 11.5 Å². The number of carbonyl (C=O) groups is 1. The second-order valence-corrected chi connectivity index (χ2v) is 6.88. The van der Waals surface area contributed by atoms with Crippen LogP contribution >= 0.6 is 11.3 Å². The fourth-order valence-corrected chi connectivity index (χ4v) is 3.40. The molecule has 0 saturated carbocycles. The summed E-state index contributed by atoms with van der Waals surface area (Å²) in [4.78, 5) is 16.8. The number of aromatic nitrogens is 2. The number of hydrogen-bond donors (Lipinski definition) is 1. The number of nitrogens with zero attached hydrogens (tertiary/aromatic N) is 2. The Hall–Kier alpha value is -3.26. The molecule has 6 nitrogen and oxygen atoms in total. The lowest BCUT2D eigenvalue weighted by Crippen LogP contribution is -2.11. The minimum absolute atomic E-state index is 0.0859. The van der Waals surface area contributed by atoms with Gasteiger partial charge in [0.25, 0.3) is 5.91 Å². The molecule has 0 bridgehead atoms. The number of ether oxygens (including phenoxy) is 1. The topological polar surface area (TPSA) is 77.2 Å². The second kappa shape index (κ2) is 6.81. The van der Waals surface area contributed by atoms with Gasteiger partial charge in [0, 0.05) is 11.6 Å². The predicted molar refractivity (Wildman–Crippen MR) is 101 cm³/mol. The number of anilines is 1. The molecule has 4 aromatic rings. The largest absolute Gasteiger partial charge is 0.497 e. The van der Waals surface area contributed by atoms with Crippen LogP contribution in [0, 0.1) is 12.7 Å². The van der Waals surface area contributed by atoms with Crippen LogP contribution in [0.1, 0.15) is 16.1 Å². The molecule has 2 aromatic carbocycles. The molecule has 0 atom stereocenters. The van der Waals surface area contributed by atoms with Gasteiger partial charge < -0.3 is 9.26 Å². The average molecular weight is 383 g/mol. The van der Waals surface area contributed by atoms with Crippen LogP contribution in [0.2, 0.25) is 0 Å². The van der Waals surface area contributed by atoms with E-state index < -0.39 is 5.91 Å². The van der Waals surface area contributed by atoms with Crippen LogP contribution in [0.3, 0.4) is 0 Å². The van der Waals surface area contributed by atoms with E-state index in [0.717, 1.165) is 16.0 Å². The third-order valence-electron chi connectivity index (χ3n) is 4.02. The molecular formula is C19H14FN3O3S. The highest BCUT2D eigenvalue weighted by molar-refractivity contribution is 7.22. The fraction of sp³-hybridized carbons (Fsp3) is 0.105. The molecule has 0 aliphatic heterocycles. The van der Waals surface area contributed by atoms with Gasteiger partial charge in [-0.2, -0.15) is 0 Å². The Morgan fingerprint density at radius 2 is 2.07 bits per heavy atom. The van der Waals surface area contributed by atoms with Crippen molar-refractivity contribution in [2.24, 2.45) is 0 Å². The number of amides is 1. The van der Waals surface area contributed by atoms with Gasteiger partial charge in [0.1, 0.15) is 11.6 Å². The minimum atomic E-state index is -0.455. The summed E-state index contributed by atoms with van der Waals surface area (Å²) >= 11 is 1.33. The molecule has 0 radical (unpaired) electrons. The standard InChI is InChI=1S/C19H14FN3O3S/c1-10-3-4-11(7-13(10)20)16-9-15(23-26-16)18(24)22-19-21-14-6-5-12(25-2)8-17(14)27-19/h3-9H,1-2H3,(H,21,22,24). The maximum Gasteiger partial charge on any atom is 0.279 e. The number of aryl methyl sites for hydroxylation is 1. The molecule has 8 heteroatoms. The maximum atomic E-state index is 13.7. The highest BCUT2D eigenvalue weighted by Crippen LogP contribution is 2.29. The van der Waals surface area contributed by atoms with E-state index in [1.807, 2.05) is 12.1 Å². The van der Waals surface area contributed by atoms with E-state index in [1.54, 1.807) is 32.2 Å². The van der Waals surface area contributed by atoms with Crippen LogP contribution in [-0.2, 0) is 0 Å². The van der Waals surface area contributed by atoms with Crippen LogP contribution in [-0.4, -0.2) is 23.2 Å². The number of halogens is 1. The van der Waals surface area contributed by atoms with Gasteiger partial charge in [-0.3, -0.25) is 10.1 Å². The Labute approximate surface area is 157 Å². The highest BCUT2D eigenvalue weighted by atomic mass is 32.1. The van der Waals surface area contributed by atoms with Crippen molar-refractivity contribution in [1.82, 2.24) is 10.1 Å². The molecule has 0 aliphatic carbocycles. The SMILES string of the molecule is COc1ccc2nc(NC(=O)c3cc(-c4ccc(C)c(F)c4)on3)sc2c1. The highest BCUT2D eigenvalue weighted by Gasteiger charge is 2.16. The van der Waals surface area contributed by atoms with Crippen LogP contribution in [0.25, 0.3) is 21.5 Å². The Morgan fingerprint density at radius 1 is 1.22 bits per heavy atom. The average Bonchev–Trinajstić information content (AvgIpc) is 3.30. The summed E-state index contributed by atoms with van der Waals surface area (Å²) in [5.41, 5.74) is 1.88. The van der Waals surface area contributed by atoms with Crippen molar-refractivity contribution in [1.29, 1.82) is 0 Å². The Balaban J connectivity index is 1.55. The number of nitrogens with one attached hydrogen (secondary N) is 1. The molecule has 2 aromatic heterocycles. The van der Waals surface area contributed by atoms with Gasteiger partial charge in [0.2, 0.25) is 0 Å². The first-order valence-electron chi connectivity index (χ1n) is 8.02. The van der Waals surface area contributed by atoms with Crippen molar-refractivity contribution in [3.05, 3.63) is 59.5 Å². The lowest BCUT2D eigenvalue weighted by Gasteiger charge is -1.98. The van der Waals surface area contributed by atoms with Crippen molar-refractivity contribution >= 4 is 32.6 Å². The number of methoxy groups -OCH3 is 1. The van der Waals surface area contributed by atoms with Crippen LogP contribution in [0.15, 0.2) is 47.0 Å². The van der Waals surface area contributed by atoms with Gasteiger partial charge in [0.05, 0.1) is 17.3 Å². The molecule has 4 rings (SSSR count). The first kappa shape index (κ1) is 17.2. The second-order valence-electron chi connectivity index (χ2n) is 5.85. The molecule has 0 unspecified atom stereocenters. The Bertz CT molecular complexity index is 1150. The number of rotatable bonds is 4. The molecule has 0 spiro atoms. The lowest BCUT2D eigenvalue weighted by molar-refractivity contribution is 0.101. The van der Waals surface area contributed by atoms with Crippen LogP contribution < -0.4 is 10.1 Å². The summed E-state index contributed by atoms with van der Waals surface area (Å²) < 4.78 is 25.0. The Kier molecular flexibility index (Phi) is 4.33. The fourth-order valence-electron chi connectivity index (χ4n) is 2.51. The van der Waals surface area contributed by atoms with Crippen molar-refractivity contribution in [2.45, 2.75) is 6.92 Å². The molecule has 0 aliphatic rings. The van der Waals surface area contributed by atoms with Gasteiger partial charge in [-0.15, -0.1) is 0 Å². The molecule has 27 heavy (non-hydrogen) atoms. The van der Waals surface area contributed by atoms with E-state index in [9.17, 15) is 9.18 Å². The van der Waals surface area contributed by atoms with E-state index in [0.29, 0.717) is 22.0 Å². The number of fused-ring (bicyclic) bond motifs is 1. The van der Waals surface area contributed by atoms with Gasteiger partial charge in [-0.1, -0.05) is 28.6 Å². The molecule has 0 fully saturated rings. The van der Waals surface area contributed by atoms with Gasteiger partial charge >= 0.3 is 0 Å². The zero-order valence-corrected chi connectivity index (χ0v) is 15.3. The van der Waals surface area contributed by atoms with Crippen molar-refractivity contribution < 1.29 is 18.4 Å². The summed E-state index contributed by atoms with van der Waals surface area (Å²) in [6.45, 7) is 1.67. The first-order chi connectivity index (χ1) is 13.0. The van der Waals surface area contributed by atoms with Crippen molar-refractivity contribution in [2.75, 3.05) is 12.4 Å². The van der Waals surface area contributed by atoms with Crippen molar-refractivity contribution in [3.8, 4) is 17.1 Å². The normalized spacial score (nSPS) is 10.9. The predicted octanol–water partition coefficient (Wildman–Crippen LogP) is 4.66. The van der Waals surface area contributed by atoms with E-state index >= 15 is 0 Å². The van der Waals surface area contributed by atoms with E-state index in [4.69, 9.17) is 9.26 Å². The zero-order chi connectivity index (χ0) is 19.0. The van der Waals surface area contributed by atoms with Crippen molar-refractivity contribution in [3.63, 3.8) is 0 Å². The summed E-state index contributed by atoms with van der Waals surface area (Å²) in [6, 6.07) is 11.6. The third-order valence-corrected chi connectivity index (χ3v) is 4.95. The molecule has 1 amide bonds.